The van der Waals surface area contributed by atoms with E-state index in [2.05, 4.69) is 15.6 Å². The van der Waals surface area contributed by atoms with E-state index >= 15 is 0 Å². The van der Waals surface area contributed by atoms with Crippen LogP contribution in [-0.2, 0) is 9.53 Å². The van der Waals surface area contributed by atoms with Gasteiger partial charge in [-0.05, 0) is 19.3 Å². The highest BCUT2D eigenvalue weighted by atomic mass is 16.5. The first-order chi connectivity index (χ1) is 10.1. The lowest BCUT2D eigenvalue weighted by atomic mass is 10.2. The van der Waals surface area contributed by atoms with E-state index in [0.717, 1.165) is 51.5 Å². The molecular weight excluding hydrogens is 268 g/mol. The highest BCUT2D eigenvalue weighted by molar-refractivity contribution is 5.81. The van der Waals surface area contributed by atoms with E-state index in [9.17, 15) is 4.79 Å². The fourth-order valence-corrected chi connectivity index (χ4v) is 2.85. The topological polar surface area (TPSA) is 66.0 Å². The molecule has 6 heteroatoms. The van der Waals surface area contributed by atoms with Gasteiger partial charge in [0, 0.05) is 45.2 Å². The highest BCUT2D eigenvalue weighted by Crippen LogP contribution is 2.13. The van der Waals surface area contributed by atoms with Crippen LogP contribution in [0.15, 0.2) is 4.99 Å². The number of likely N-dealkylation sites (tertiary alicyclic amines) is 1. The van der Waals surface area contributed by atoms with Crippen molar-refractivity contribution in [2.24, 2.45) is 10.9 Å². The summed E-state index contributed by atoms with van der Waals surface area (Å²) in [5.74, 6) is 1.11. The molecule has 0 aromatic heterocycles. The second-order valence-corrected chi connectivity index (χ2v) is 6.16. The number of carbonyl (C=O) groups excluding carboxylic acids is 1. The summed E-state index contributed by atoms with van der Waals surface area (Å²) in [5.41, 5.74) is 0. The molecule has 0 radical (unpaired) electrons. The van der Waals surface area contributed by atoms with Gasteiger partial charge in [-0.1, -0.05) is 13.8 Å². The first kappa shape index (κ1) is 16.1. The van der Waals surface area contributed by atoms with E-state index in [4.69, 9.17) is 4.74 Å². The monoisotopic (exact) mass is 296 g/mol. The van der Waals surface area contributed by atoms with Crippen molar-refractivity contribution in [2.75, 3.05) is 33.3 Å². The normalized spacial score (nSPS) is 26.5. The van der Waals surface area contributed by atoms with Gasteiger partial charge < -0.3 is 20.3 Å². The molecule has 0 aromatic carbocycles. The predicted octanol–water partition coefficient (Wildman–Crippen LogP) is 0.587. The van der Waals surface area contributed by atoms with E-state index in [-0.39, 0.29) is 17.9 Å². The van der Waals surface area contributed by atoms with E-state index in [1.165, 1.54) is 0 Å². The number of nitrogens with one attached hydrogen (secondary N) is 2. The zero-order valence-corrected chi connectivity index (χ0v) is 13.4. The summed E-state index contributed by atoms with van der Waals surface area (Å²) in [6.07, 6.45) is 3.53. The largest absolute Gasteiger partial charge is 0.376 e. The molecule has 0 aromatic rings. The van der Waals surface area contributed by atoms with Gasteiger partial charge in [-0.25, -0.2) is 0 Å². The molecule has 0 aliphatic carbocycles. The molecule has 6 nitrogen and oxygen atoms in total. The van der Waals surface area contributed by atoms with Crippen LogP contribution in [0.5, 0.6) is 0 Å². The van der Waals surface area contributed by atoms with Crippen LogP contribution in [0.2, 0.25) is 0 Å². The zero-order chi connectivity index (χ0) is 15.2. The van der Waals surface area contributed by atoms with Crippen LogP contribution in [0.25, 0.3) is 0 Å². The van der Waals surface area contributed by atoms with Crippen LogP contribution in [0.4, 0.5) is 0 Å². The van der Waals surface area contributed by atoms with Gasteiger partial charge in [0.05, 0.1) is 6.10 Å². The van der Waals surface area contributed by atoms with Crippen molar-refractivity contribution in [3.63, 3.8) is 0 Å². The standard InChI is InChI=1S/C15H28N4O2/c1-11(2)14(20)19-7-6-12(10-19)18-15(16-3)17-9-13-5-4-8-21-13/h11-13H,4-10H2,1-3H3,(H2,16,17,18). The van der Waals surface area contributed by atoms with Crippen molar-refractivity contribution in [3.05, 3.63) is 0 Å². The van der Waals surface area contributed by atoms with Crippen molar-refractivity contribution in [2.45, 2.75) is 45.3 Å². The van der Waals surface area contributed by atoms with Gasteiger partial charge in [0.25, 0.3) is 0 Å². The van der Waals surface area contributed by atoms with E-state index < -0.39 is 0 Å². The minimum atomic E-state index is 0.0701. The second kappa shape index (κ2) is 7.64. The van der Waals surface area contributed by atoms with Gasteiger partial charge in [0.15, 0.2) is 5.96 Å². The zero-order valence-electron chi connectivity index (χ0n) is 13.4. The number of nitrogens with zero attached hydrogens (tertiary/aromatic N) is 2. The number of guanidine groups is 1. The van der Waals surface area contributed by atoms with Crippen molar-refractivity contribution < 1.29 is 9.53 Å². The molecule has 2 rings (SSSR count). The number of aliphatic imine (C=N–C) groups is 1. The van der Waals surface area contributed by atoms with Gasteiger partial charge in [0.2, 0.25) is 5.91 Å². The molecule has 1 amide bonds. The van der Waals surface area contributed by atoms with E-state index in [0.29, 0.717) is 6.10 Å². The van der Waals surface area contributed by atoms with Gasteiger partial charge >= 0.3 is 0 Å². The number of hydrogen-bond acceptors (Lipinski definition) is 3. The van der Waals surface area contributed by atoms with Gasteiger partial charge in [0.1, 0.15) is 0 Å². The number of ether oxygens (including phenoxy) is 1. The first-order valence-electron chi connectivity index (χ1n) is 7.97. The lowest BCUT2D eigenvalue weighted by Gasteiger charge is -2.21. The minimum Gasteiger partial charge on any atom is -0.376 e. The third kappa shape index (κ3) is 4.59. The molecule has 21 heavy (non-hydrogen) atoms. The molecule has 120 valence electrons. The predicted molar refractivity (Wildman–Crippen MR) is 83.3 cm³/mol. The molecule has 2 atom stereocenters. The van der Waals surface area contributed by atoms with Crippen molar-refractivity contribution in [1.82, 2.24) is 15.5 Å². The van der Waals surface area contributed by atoms with Gasteiger partial charge in [-0.2, -0.15) is 0 Å². The van der Waals surface area contributed by atoms with Crippen LogP contribution >= 0.6 is 0 Å². The third-order valence-corrected chi connectivity index (χ3v) is 4.08. The Morgan fingerprint density at radius 2 is 2.24 bits per heavy atom. The van der Waals surface area contributed by atoms with Gasteiger partial charge in [-0.3, -0.25) is 9.79 Å². The molecular formula is C15H28N4O2. The Bertz CT molecular complexity index is 378. The molecule has 0 spiro atoms. The van der Waals surface area contributed by atoms with Crippen LogP contribution in [0.3, 0.4) is 0 Å². The molecule has 2 aliphatic rings. The molecule has 2 fully saturated rings. The van der Waals surface area contributed by atoms with Crippen LogP contribution in [0, 0.1) is 5.92 Å². The maximum Gasteiger partial charge on any atom is 0.225 e. The maximum absolute atomic E-state index is 12.0. The Kier molecular flexibility index (Phi) is 5.85. The molecule has 0 bridgehead atoms. The number of carbonyl (C=O) groups is 1. The van der Waals surface area contributed by atoms with E-state index in [1.54, 1.807) is 7.05 Å². The number of hydrogen-bond donors (Lipinski definition) is 2. The first-order valence-corrected chi connectivity index (χ1v) is 7.97. The average Bonchev–Trinajstić information content (AvgIpc) is 3.13. The Balaban J connectivity index is 1.73. The smallest absolute Gasteiger partial charge is 0.225 e. The summed E-state index contributed by atoms with van der Waals surface area (Å²) < 4.78 is 5.59. The maximum atomic E-state index is 12.0. The SMILES string of the molecule is CN=C(NCC1CCCO1)NC1CCN(C(=O)C(C)C)C1. The van der Waals surface area contributed by atoms with Crippen LogP contribution in [-0.4, -0.2) is 62.2 Å². The fraction of sp³-hybridized carbons (Fsp3) is 0.867. The second-order valence-electron chi connectivity index (χ2n) is 6.16. The summed E-state index contributed by atoms with van der Waals surface area (Å²) in [4.78, 5) is 18.2. The van der Waals surface area contributed by atoms with Crippen molar-refractivity contribution in [1.29, 1.82) is 0 Å². The third-order valence-electron chi connectivity index (χ3n) is 4.08. The molecule has 2 saturated heterocycles. The quantitative estimate of drug-likeness (QED) is 0.588. The Morgan fingerprint density at radius 1 is 1.43 bits per heavy atom. The lowest BCUT2D eigenvalue weighted by molar-refractivity contribution is -0.133. The summed E-state index contributed by atoms with van der Waals surface area (Å²) in [5, 5.41) is 6.72. The lowest BCUT2D eigenvalue weighted by Crippen LogP contribution is -2.47. The van der Waals surface area contributed by atoms with Crippen molar-refractivity contribution >= 4 is 11.9 Å². The highest BCUT2D eigenvalue weighted by Gasteiger charge is 2.28. The number of amides is 1. The summed E-state index contributed by atoms with van der Waals surface area (Å²) in [6.45, 7) is 7.15. The molecule has 2 aliphatic heterocycles. The number of rotatable bonds is 4. The van der Waals surface area contributed by atoms with E-state index in [1.807, 2.05) is 18.7 Å². The fourth-order valence-electron chi connectivity index (χ4n) is 2.85. The van der Waals surface area contributed by atoms with Crippen LogP contribution < -0.4 is 10.6 Å². The summed E-state index contributed by atoms with van der Waals surface area (Å²) >= 11 is 0. The van der Waals surface area contributed by atoms with Crippen LogP contribution in [0.1, 0.15) is 33.1 Å². The summed E-state index contributed by atoms with van der Waals surface area (Å²) in [7, 11) is 1.77. The molecule has 2 N–H and O–H groups in total. The Morgan fingerprint density at radius 3 is 2.86 bits per heavy atom. The molecule has 2 unspecified atom stereocenters. The minimum absolute atomic E-state index is 0.0701. The Hall–Kier alpha value is -1.30. The summed E-state index contributed by atoms with van der Waals surface area (Å²) in [6, 6.07) is 0.281. The van der Waals surface area contributed by atoms with Gasteiger partial charge in [-0.15, -0.1) is 0 Å². The Labute approximate surface area is 127 Å². The van der Waals surface area contributed by atoms with Crippen molar-refractivity contribution in [3.8, 4) is 0 Å². The molecule has 0 saturated carbocycles. The molecule has 2 heterocycles. The average molecular weight is 296 g/mol.